The van der Waals surface area contributed by atoms with Gasteiger partial charge < -0.3 is 10.0 Å². The van der Waals surface area contributed by atoms with Gasteiger partial charge in [-0.15, -0.1) is 11.8 Å². The number of aliphatic carboxylic acids is 1. The van der Waals surface area contributed by atoms with E-state index in [-0.39, 0.29) is 6.42 Å². The molecule has 1 aliphatic heterocycles. The average Bonchev–Trinajstić information content (AvgIpc) is 2.31. The Morgan fingerprint density at radius 3 is 2.82 bits per heavy atom. The summed E-state index contributed by atoms with van der Waals surface area (Å²) in [5, 5.41) is 8.78. The molecule has 0 aromatic heterocycles. The van der Waals surface area contributed by atoms with Crippen LogP contribution in [0.4, 0.5) is 5.69 Å². The highest BCUT2D eigenvalue weighted by molar-refractivity contribution is 7.99. The molecule has 0 saturated heterocycles. The number of carboxylic acids is 1. The quantitative estimate of drug-likeness (QED) is 0.896. The van der Waals surface area contributed by atoms with Gasteiger partial charge in [0.05, 0.1) is 12.1 Å². The predicted octanol–water partition coefficient (Wildman–Crippen LogP) is 2.69. The fourth-order valence-electron chi connectivity index (χ4n) is 2.17. The van der Waals surface area contributed by atoms with Crippen molar-refractivity contribution in [1.29, 1.82) is 0 Å². The molecule has 0 unspecified atom stereocenters. The Morgan fingerprint density at radius 1 is 1.41 bits per heavy atom. The molecule has 1 aliphatic rings. The molecular weight excluding hydrogens is 234 g/mol. The second-order valence-corrected chi connectivity index (χ2v) is 5.46. The first kappa shape index (κ1) is 12.3. The van der Waals surface area contributed by atoms with Crippen LogP contribution in [-0.2, 0) is 4.79 Å². The van der Waals surface area contributed by atoms with E-state index in [0.29, 0.717) is 6.54 Å². The summed E-state index contributed by atoms with van der Waals surface area (Å²) in [6, 6.07) is 4.26. The van der Waals surface area contributed by atoms with E-state index in [1.54, 1.807) is 0 Å². The molecule has 0 fully saturated rings. The van der Waals surface area contributed by atoms with Crippen molar-refractivity contribution in [2.75, 3.05) is 23.7 Å². The van der Waals surface area contributed by atoms with E-state index in [0.717, 1.165) is 12.3 Å². The van der Waals surface area contributed by atoms with Crippen LogP contribution in [0.15, 0.2) is 17.0 Å². The maximum absolute atomic E-state index is 10.7. The maximum Gasteiger partial charge on any atom is 0.305 e. The average molecular weight is 251 g/mol. The number of nitrogens with zero attached hydrogens (tertiary/aromatic N) is 1. The van der Waals surface area contributed by atoms with Crippen molar-refractivity contribution in [2.24, 2.45) is 0 Å². The molecule has 1 aromatic carbocycles. The Hall–Kier alpha value is -1.16. The summed E-state index contributed by atoms with van der Waals surface area (Å²) in [6.45, 7) is 5.76. The van der Waals surface area contributed by atoms with Crippen LogP contribution < -0.4 is 4.90 Å². The minimum absolute atomic E-state index is 0.206. The number of anilines is 1. The van der Waals surface area contributed by atoms with Crippen LogP contribution in [0.1, 0.15) is 17.5 Å². The Labute approximate surface area is 106 Å². The molecule has 0 saturated carbocycles. The number of fused-ring (bicyclic) bond motifs is 1. The molecule has 3 nitrogen and oxygen atoms in total. The van der Waals surface area contributed by atoms with Gasteiger partial charge in [-0.1, -0.05) is 12.1 Å². The third-order valence-corrected chi connectivity index (χ3v) is 4.24. The van der Waals surface area contributed by atoms with E-state index in [1.165, 1.54) is 21.7 Å². The van der Waals surface area contributed by atoms with Gasteiger partial charge in [0.15, 0.2) is 0 Å². The Balaban J connectivity index is 2.30. The van der Waals surface area contributed by atoms with Crippen molar-refractivity contribution in [1.82, 2.24) is 0 Å². The summed E-state index contributed by atoms with van der Waals surface area (Å²) in [6.07, 6.45) is 0.206. The molecule has 1 heterocycles. The van der Waals surface area contributed by atoms with Crippen LogP contribution in [0.3, 0.4) is 0 Å². The maximum atomic E-state index is 10.7. The molecule has 4 heteroatoms. The van der Waals surface area contributed by atoms with E-state index in [4.69, 9.17) is 5.11 Å². The number of aryl methyl sites for hydroxylation is 2. The van der Waals surface area contributed by atoms with Crippen molar-refractivity contribution < 1.29 is 9.90 Å². The predicted molar refractivity (Wildman–Crippen MR) is 71.1 cm³/mol. The molecule has 0 spiro atoms. The molecule has 0 bridgehead atoms. The van der Waals surface area contributed by atoms with Crippen LogP contribution >= 0.6 is 11.8 Å². The number of carboxylic acid groups (broad SMARTS) is 1. The largest absolute Gasteiger partial charge is 0.481 e. The van der Waals surface area contributed by atoms with Gasteiger partial charge in [0.25, 0.3) is 0 Å². The minimum atomic E-state index is -0.727. The number of benzene rings is 1. The molecule has 0 radical (unpaired) electrons. The van der Waals surface area contributed by atoms with Gasteiger partial charge in [-0.05, 0) is 25.0 Å². The molecule has 17 heavy (non-hydrogen) atoms. The van der Waals surface area contributed by atoms with Crippen molar-refractivity contribution >= 4 is 23.4 Å². The van der Waals surface area contributed by atoms with E-state index in [1.807, 2.05) is 11.8 Å². The van der Waals surface area contributed by atoms with Gasteiger partial charge in [-0.25, -0.2) is 0 Å². The number of carbonyl (C=O) groups is 1. The van der Waals surface area contributed by atoms with Gasteiger partial charge >= 0.3 is 5.97 Å². The second-order valence-electron chi connectivity index (χ2n) is 4.36. The molecule has 0 aliphatic carbocycles. The SMILES string of the molecule is Cc1ccc(C)c2c1SCCN2CCC(=O)O. The van der Waals surface area contributed by atoms with E-state index in [9.17, 15) is 4.79 Å². The third kappa shape index (κ3) is 2.57. The highest BCUT2D eigenvalue weighted by Crippen LogP contribution is 2.39. The first-order valence-corrected chi connectivity index (χ1v) is 6.78. The molecule has 1 N–H and O–H groups in total. The highest BCUT2D eigenvalue weighted by Gasteiger charge is 2.21. The fourth-order valence-corrected chi connectivity index (χ4v) is 3.41. The standard InChI is InChI=1S/C13H17NO2S/c1-9-3-4-10(2)13-12(9)14(7-8-17-13)6-5-11(15)16/h3-4H,5-8H2,1-2H3,(H,15,16). The molecule has 2 rings (SSSR count). The van der Waals surface area contributed by atoms with E-state index < -0.39 is 5.97 Å². The summed E-state index contributed by atoms with van der Waals surface area (Å²) in [5.41, 5.74) is 3.77. The fraction of sp³-hybridized carbons (Fsp3) is 0.462. The van der Waals surface area contributed by atoms with Gasteiger partial charge in [0, 0.05) is 23.7 Å². The zero-order valence-corrected chi connectivity index (χ0v) is 11.0. The summed E-state index contributed by atoms with van der Waals surface area (Å²) in [4.78, 5) is 14.2. The minimum Gasteiger partial charge on any atom is -0.481 e. The van der Waals surface area contributed by atoms with Gasteiger partial charge in [0.2, 0.25) is 0 Å². The molecule has 92 valence electrons. The Bertz CT molecular complexity index is 445. The third-order valence-electron chi connectivity index (χ3n) is 3.05. The Kier molecular flexibility index (Phi) is 3.62. The first-order chi connectivity index (χ1) is 8.09. The summed E-state index contributed by atoms with van der Waals surface area (Å²) >= 11 is 1.88. The lowest BCUT2D eigenvalue weighted by atomic mass is 10.1. The number of hydrogen-bond acceptors (Lipinski definition) is 3. The van der Waals surface area contributed by atoms with Crippen molar-refractivity contribution in [2.45, 2.75) is 25.2 Å². The summed E-state index contributed by atoms with van der Waals surface area (Å²) in [7, 11) is 0. The first-order valence-electron chi connectivity index (χ1n) is 5.79. The van der Waals surface area contributed by atoms with Crippen LogP contribution in [-0.4, -0.2) is 29.9 Å². The van der Waals surface area contributed by atoms with Crippen LogP contribution in [0.25, 0.3) is 0 Å². The van der Waals surface area contributed by atoms with Crippen LogP contribution in [0.2, 0.25) is 0 Å². The molecule has 1 aromatic rings. The Morgan fingerprint density at radius 2 is 2.12 bits per heavy atom. The van der Waals surface area contributed by atoms with Crippen molar-refractivity contribution in [3.05, 3.63) is 23.3 Å². The zero-order valence-electron chi connectivity index (χ0n) is 10.2. The zero-order chi connectivity index (χ0) is 12.4. The van der Waals surface area contributed by atoms with Crippen molar-refractivity contribution in [3.63, 3.8) is 0 Å². The van der Waals surface area contributed by atoms with Gasteiger partial charge in [-0.3, -0.25) is 4.79 Å². The second kappa shape index (κ2) is 5.00. The number of thioether (sulfide) groups is 1. The van der Waals surface area contributed by atoms with Crippen molar-refractivity contribution in [3.8, 4) is 0 Å². The lowest BCUT2D eigenvalue weighted by Gasteiger charge is -2.33. The van der Waals surface area contributed by atoms with Crippen LogP contribution in [0, 0.1) is 13.8 Å². The van der Waals surface area contributed by atoms with Gasteiger partial charge in [-0.2, -0.15) is 0 Å². The van der Waals surface area contributed by atoms with Crippen LogP contribution in [0.5, 0.6) is 0 Å². The van der Waals surface area contributed by atoms with E-state index >= 15 is 0 Å². The molecule has 0 atom stereocenters. The monoisotopic (exact) mass is 251 g/mol. The lowest BCUT2D eigenvalue weighted by molar-refractivity contribution is -0.136. The normalized spacial score (nSPS) is 14.6. The smallest absolute Gasteiger partial charge is 0.305 e. The molecule has 0 amide bonds. The summed E-state index contributed by atoms with van der Waals surface area (Å²) < 4.78 is 0. The lowest BCUT2D eigenvalue weighted by Crippen LogP contribution is -2.32. The number of rotatable bonds is 3. The van der Waals surface area contributed by atoms with E-state index in [2.05, 4.69) is 30.9 Å². The van der Waals surface area contributed by atoms with Gasteiger partial charge in [0.1, 0.15) is 0 Å². The molecular formula is C13H17NO2S. The summed E-state index contributed by atoms with van der Waals surface area (Å²) in [5.74, 6) is 0.312. The topological polar surface area (TPSA) is 40.5 Å². The number of hydrogen-bond donors (Lipinski definition) is 1. The highest BCUT2D eigenvalue weighted by atomic mass is 32.2.